The molecule has 110 valence electrons. The van der Waals surface area contributed by atoms with E-state index in [9.17, 15) is 8.42 Å². The van der Waals surface area contributed by atoms with E-state index in [1.54, 1.807) is 37.5 Å². The van der Waals surface area contributed by atoms with Crippen LogP contribution in [0.5, 0.6) is 0 Å². The lowest BCUT2D eigenvalue weighted by atomic mass is 9.96. The minimum Gasteiger partial charge on any atom is -0.296 e. The number of aryl methyl sites for hydroxylation is 1. The van der Waals surface area contributed by atoms with Gasteiger partial charge in [0.1, 0.15) is 0 Å². The van der Waals surface area contributed by atoms with Crippen LogP contribution in [0.4, 0.5) is 0 Å². The van der Waals surface area contributed by atoms with Gasteiger partial charge in [0.15, 0.2) is 9.84 Å². The standard InChI is InChI=1S/C16H16ClNO2S/c1-11-8-13(17)9-15(16(11)10-18-2)12-4-6-14(7-5-12)21(3,19)20/h4-10H,1-3H3. The minimum atomic E-state index is -3.19. The molecule has 0 N–H and O–H groups in total. The molecule has 5 heteroatoms. The molecular formula is C16H16ClNO2S. The summed E-state index contributed by atoms with van der Waals surface area (Å²) in [6.07, 6.45) is 2.98. The summed E-state index contributed by atoms with van der Waals surface area (Å²) < 4.78 is 23.0. The zero-order valence-corrected chi connectivity index (χ0v) is 13.7. The molecule has 0 saturated heterocycles. The fourth-order valence-corrected chi connectivity index (χ4v) is 3.08. The van der Waals surface area contributed by atoms with E-state index in [0.29, 0.717) is 9.92 Å². The van der Waals surface area contributed by atoms with Crippen LogP contribution in [0.25, 0.3) is 11.1 Å². The first-order valence-corrected chi connectivity index (χ1v) is 8.62. The Bertz CT molecular complexity index is 794. The van der Waals surface area contributed by atoms with Crippen molar-refractivity contribution >= 4 is 27.7 Å². The van der Waals surface area contributed by atoms with Crippen LogP contribution in [0.3, 0.4) is 0 Å². The van der Waals surface area contributed by atoms with E-state index in [-0.39, 0.29) is 0 Å². The molecule has 0 saturated carbocycles. The molecule has 0 aromatic heterocycles. The molecule has 0 bridgehead atoms. The average molecular weight is 322 g/mol. The van der Waals surface area contributed by atoms with Crippen LogP contribution in [0.2, 0.25) is 5.02 Å². The molecule has 0 unspecified atom stereocenters. The number of nitrogens with zero attached hydrogens (tertiary/aromatic N) is 1. The molecule has 0 amide bonds. The largest absolute Gasteiger partial charge is 0.296 e. The molecule has 0 spiro atoms. The van der Waals surface area contributed by atoms with Gasteiger partial charge in [-0.15, -0.1) is 0 Å². The Labute approximate surface area is 130 Å². The monoisotopic (exact) mass is 321 g/mol. The third-order valence-corrected chi connectivity index (χ3v) is 4.55. The molecule has 0 aliphatic carbocycles. The maximum Gasteiger partial charge on any atom is 0.175 e. The molecule has 2 aromatic rings. The summed E-state index contributed by atoms with van der Waals surface area (Å²) in [7, 11) is -1.48. The lowest BCUT2D eigenvalue weighted by molar-refractivity contribution is 0.602. The van der Waals surface area contributed by atoms with Gasteiger partial charge in [0.2, 0.25) is 0 Å². The zero-order chi connectivity index (χ0) is 15.6. The Balaban J connectivity index is 2.61. The Hall–Kier alpha value is -1.65. The molecule has 21 heavy (non-hydrogen) atoms. The first kappa shape index (κ1) is 15.7. The third-order valence-electron chi connectivity index (χ3n) is 3.20. The summed E-state index contributed by atoms with van der Waals surface area (Å²) in [5.41, 5.74) is 3.85. The lowest BCUT2D eigenvalue weighted by Crippen LogP contribution is -1.97. The second kappa shape index (κ2) is 6.00. The fourth-order valence-electron chi connectivity index (χ4n) is 2.18. The van der Waals surface area contributed by atoms with Gasteiger partial charge in [0.05, 0.1) is 4.90 Å². The predicted molar refractivity (Wildman–Crippen MR) is 88.3 cm³/mol. The second-order valence-corrected chi connectivity index (χ2v) is 7.32. The highest BCUT2D eigenvalue weighted by Gasteiger charge is 2.11. The summed E-state index contributed by atoms with van der Waals surface area (Å²) in [6, 6.07) is 10.5. The Morgan fingerprint density at radius 3 is 2.29 bits per heavy atom. The van der Waals surface area contributed by atoms with Gasteiger partial charge in [-0.2, -0.15) is 0 Å². The van der Waals surface area contributed by atoms with Crippen molar-refractivity contribution in [3.05, 3.63) is 52.5 Å². The zero-order valence-electron chi connectivity index (χ0n) is 12.1. The van der Waals surface area contributed by atoms with E-state index in [1.807, 2.05) is 19.1 Å². The number of benzene rings is 2. The van der Waals surface area contributed by atoms with Crippen LogP contribution in [0.1, 0.15) is 11.1 Å². The number of sulfone groups is 1. The van der Waals surface area contributed by atoms with Crippen LogP contribution >= 0.6 is 11.6 Å². The summed E-state index contributed by atoms with van der Waals surface area (Å²) in [5, 5.41) is 0.642. The number of hydrogen-bond acceptors (Lipinski definition) is 3. The molecule has 2 rings (SSSR count). The second-order valence-electron chi connectivity index (χ2n) is 4.87. The van der Waals surface area contributed by atoms with Crippen molar-refractivity contribution in [1.82, 2.24) is 0 Å². The molecular weight excluding hydrogens is 306 g/mol. The van der Waals surface area contributed by atoms with Crippen molar-refractivity contribution in [2.24, 2.45) is 4.99 Å². The number of aliphatic imine (C=N–C) groups is 1. The maximum absolute atomic E-state index is 11.5. The van der Waals surface area contributed by atoms with Gasteiger partial charge < -0.3 is 0 Å². The van der Waals surface area contributed by atoms with E-state index >= 15 is 0 Å². The average Bonchev–Trinajstić information content (AvgIpc) is 2.41. The van der Waals surface area contributed by atoms with Gasteiger partial charge >= 0.3 is 0 Å². The Morgan fingerprint density at radius 2 is 1.76 bits per heavy atom. The molecule has 0 fully saturated rings. The van der Waals surface area contributed by atoms with Crippen molar-refractivity contribution in [2.45, 2.75) is 11.8 Å². The van der Waals surface area contributed by atoms with Gasteiger partial charge in [-0.25, -0.2) is 8.42 Å². The maximum atomic E-state index is 11.5. The molecule has 0 heterocycles. The first-order chi connectivity index (χ1) is 9.82. The number of rotatable bonds is 3. The van der Waals surface area contributed by atoms with Crippen LogP contribution < -0.4 is 0 Å². The fraction of sp³-hybridized carbons (Fsp3) is 0.188. The highest BCUT2D eigenvalue weighted by molar-refractivity contribution is 7.90. The van der Waals surface area contributed by atoms with Crippen molar-refractivity contribution in [3.63, 3.8) is 0 Å². The molecule has 0 atom stereocenters. The van der Waals surface area contributed by atoms with Gasteiger partial charge in [-0.1, -0.05) is 23.7 Å². The van der Waals surface area contributed by atoms with Gasteiger partial charge in [-0.3, -0.25) is 4.99 Å². The van der Waals surface area contributed by atoms with Crippen LogP contribution in [0.15, 0.2) is 46.3 Å². The minimum absolute atomic E-state index is 0.302. The van der Waals surface area contributed by atoms with E-state index < -0.39 is 9.84 Å². The normalized spacial score (nSPS) is 12.0. The first-order valence-electron chi connectivity index (χ1n) is 6.35. The van der Waals surface area contributed by atoms with E-state index in [4.69, 9.17) is 11.6 Å². The number of halogens is 1. The highest BCUT2D eigenvalue weighted by Crippen LogP contribution is 2.29. The number of hydrogen-bond donors (Lipinski definition) is 0. The lowest BCUT2D eigenvalue weighted by Gasteiger charge is -2.11. The van der Waals surface area contributed by atoms with Gasteiger partial charge in [-0.05, 0) is 47.9 Å². The summed E-state index contributed by atoms with van der Waals surface area (Å²) in [4.78, 5) is 4.38. The van der Waals surface area contributed by atoms with E-state index in [0.717, 1.165) is 22.3 Å². The third kappa shape index (κ3) is 3.52. The van der Waals surface area contributed by atoms with E-state index in [1.165, 1.54) is 6.26 Å². The van der Waals surface area contributed by atoms with Crippen molar-refractivity contribution in [2.75, 3.05) is 13.3 Å². The van der Waals surface area contributed by atoms with E-state index in [2.05, 4.69) is 4.99 Å². The molecule has 2 aromatic carbocycles. The van der Waals surface area contributed by atoms with Crippen LogP contribution in [0, 0.1) is 6.92 Å². The molecule has 3 nitrogen and oxygen atoms in total. The van der Waals surface area contributed by atoms with Crippen LogP contribution in [-0.2, 0) is 9.84 Å². The van der Waals surface area contributed by atoms with Crippen molar-refractivity contribution in [3.8, 4) is 11.1 Å². The SMILES string of the molecule is CN=Cc1c(C)cc(Cl)cc1-c1ccc(S(C)(=O)=O)cc1. The Kier molecular flexibility index (Phi) is 4.49. The highest BCUT2D eigenvalue weighted by atomic mass is 35.5. The van der Waals surface area contributed by atoms with Crippen molar-refractivity contribution < 1.29 is 8.42 Å². The molecule has 0 aliphatic heterocycles. The van der Waals surface area contributed by atoms with Gasteiger partial charge in [0.25, 0.3) is 0 Å². The quantitative estimate of drug-likeness (QED) is 0.808. The molecule has 0 aliphatic rings. The predicted octanol–water partition coefficient (Wildman–Crippen LogP) is 3.77. The van der Waals surface area contributed by atoms with Gasteiger partial charge in [0, 0.05) is 30.1 Å². The topological polar surface area (TPSA) is 46.5 Å². The molecule has 0 radical (unpaired) electrons. The summed E-state index contributed by atoms with van der Waals surface area (Å²) >= 11 is 6.14. The summed E-state index contributed by atoms with van der Waals surface area (Å²) in [5.74, 6) is 0. The Morgan fingerprint density at radius 1 is 1.14 bits per heavy atom. The van der Waals surface area contributed by atoms with Crippen LogP contribution in [-0.4, -0.2) is 27.9 Å². The summed E-state index contributed by atoms with van der Waals surface area (Å²) in [6.45, 7) is 1.97. The van der Waals surface area contributed by atoms with Crippen molar-refractivity contribution in [1.29, 1.82) is 0 Å². The smallest absolute Gasteiger partial charge is 0.175 e.